The highest BCUT2D eigenvalue weighted by atomic mass is 16.1. The van der Waals surface area contributed by atoms with Crippen molar-refractivity contribution in [3.05, 3.63) is 51.4 Å². The lowest BCUT2D eigenvalue weighted by molar-refractivity contribution is 0.395. The van der Waals surface area contributed by atoms with E-state index < -0.39 is 0 Å². The number of nitriles is 1. The zero-order valence-electron chi connectivity index (χ0n) is 14.9. The second-order valence-corrected chi connectivity index (χ2v) is 7.43. The maximum Gasteiger partial charge on any atom is 0.266 e. The summed E-state index contributed by atoms with van der Waals surface area (Å²) in [5.41, 5.74) is 4.87. The van der Waals surface area contributed by atoms with Crippen molar-refractivity contribution >= 4 is 5.69 Å². The number of aromatic amines is 1. The lowest BCUT2D eigenvalue weighted by Gasteiger charge is -2.45. The van der Waals surface area contributed by atoms with Gasteiger partial charge in [0.15, 0.2) is 0 Å². The third-order valence-corrected chi connectivity index (χ3v) is 5.22. The predicted molar refractivity (Wildman–Crippen MR) is 97.5 cm³/mol. The van der Waals surface area contributed by atoms with Gasteiger partial charge in [-0.05, 0) is 62.4 Å². The van der Waals surface area contributed by atoms with Gasteiger partial charge in [-0.15, -0.1) is 0 Å². The Labute approximate surface area is 142 Å². The van der Waals surface area contributed by atoms with E-state index in [-0.39, 0.29) is 16.7 Å². The van der Waals surface area contributed by atoms with Gasteiger partial charge in [0.25, 0.3) is 5.56 Å². The molecule has 1 unspecified atom stereocenters. The van der Waals surface area contributed by atoms with Gasteiger partial charge < -0.3 is 9.88 Å². The van der Waals surface area contributed by atoms with Crippen LogP contribution in [0.2, 0.25) is 0 Å². The first-order valence-electron chi connectivity index (χ1n) is 8.27. The molecular weight excluding hydrogens is 298 g/mol. The van der Waals surface area contributed by atoms with E-state index in [2.05, 4.69) is 49.8 Å². The van der Waals surface area contributed by atoms with E-state index in [0.29, 0.717) is 11.5 Å². The average Bonchev–Trinajstić information content (AvgIpc) is 2.51. The summed E-state index contributed by atoms with van der Waals surface area (Å²) in [6.45, 7) is 8.59. The number of fused-ring (bicyclic) bond motifs is 1. The quantitative estimate of drug-likeness (QED) is 0.865. The van der Waals surface area contributed by atoms with Crippen LogP contribution in [0.3, 0.4) is 0 Å². The minimum atomic E-state index is -0.323. The molecule has 0 saturated heterocycles. The Hall–Kier alpha value is -2.54. The highest BCUT2D eigenvalue weighted by Crippen LogP contribution is 2.43. The van der Waals surface area contributed by atoms with Crippen molar-refractivity contribution in [1.29, 1.82) is 5.26 Å². The van der Waals surface area contributed by atoms with Crippen LogP contribution in [0, 0.1) is 18.3 Å². The second-order valence-electron chi connectivity index (χ2n) is 7.43. The van der Waals surface area contributed by atoms with E-state index in [4.69, 9.17) is 0 Å². The van der Waals surface area contributed by atoms with Crippen molar-refractivity contribution in [3.8, 4) is 17.2 Å². The molecule has 2 aromatic rings. The standard InChI is InChI=1S/C20H23N3O/c1-12-10-20(3,4)23(5)18-7-6-14(9-15(12)18)16-8-13(2)22-19(24)17(16)11-21/h6-9,12H,10H2,1-5H3,(H,22,24). The van der Waals surface area contributed by atoms with Crippen LogP contribution in [0.4, 0.5) is 5.69 Å². The molecule has 2 heterocycles. The van der Waals surface area contributed by atoms with Crippen LogP contribution in [0.1, 0.15) is 49.9 Å². The van der Waals surface area contributed by atoms with Gasteiger partial charge in [-0.1, -0.05) is 13.0 Å². The predicted octanol–water partition coefficient (Wildman–Crippen LogP) is 3.94. The van der Waals surface area contributed by atoms with E-state index in [0.717, 1.165) is 17.7 Å². The molecule has 1 atom stereocenters. The summed E-state index contributed by atoms with van der Waals surface area (Å²) >= 11 is 0. The van der Waals surface area contributed by atoms with Gasteiger partial charge in [0.1, 0.15) is 11.6 Å². The van der Waals surface area contributed by atoms with Gasteiger partial charge in [0, 0.05) is 29.5 Å². The molecule has 0 amide bonds. The number of hydrogen-bond donors (Lipinski definition) is 1. The summed E-state index contributed by atoms with van der Waals surface area (Å²) in [7, 11) is 2.13. The maximum absolute atomic E-state index is 12.1. The number of benzene rings is 1. The van der Waals surface area contributed by atoms with Crippen molar-refractivity contribution in [1.82, 2.24) is 4.98 Å². The van der Waals surface area contributed by atoms with Crippen molar-refractivity contribution in [3.63, 3.8) is 0 Å². The lowest BCUT2D eigenvalue weighted by atomic mass is 9.79. The zero-order valence-corrected chi connectivity index (χ0v) is 14.9. The van der Waals surface area contributed by atoms with E-state index in [1.165, 1.54) is 11.3 Å². The number of H-pyrrole nitrogens is 1. The van der Waals surface area contributed by atoms with Crippen LogP contribution in [0.5, 0.6) is 0 Å². The molecule has 24 heavy (non-hydrogen) atoms. The summed E-state index contributed by atoms with van der Waals surface area (Å²) in [6.07, 6.45) is 1.07. The Kier molecular flexibility index (Phi) is 3.76. The number of rotatable bonds is 1. The molecular formula is C20H23N3O. The number of anilines is 1. The van der Waals surface area contributed by atoms with E-state index >= 15 is 0 Å². The molecule has 4 nitrogen and oxygen atoms in total. The van der Waals surface area contributed by atoms with Crippen molar-refractivity contribution < 1.29 is 0 Å². The summed E-state index contributed by atoms with van der Waals surface area (Å²) in [5.74, 6) is 0.430. The molecule has 4 heteroatoms. The minimum absolute atomic E-state index is 0.117. The fourth-order valence-electron chi connectivity index (χ4n) is 3.77. The number of hydrogen-bond acceptors (Lipinski definition) is 3. The molecule has 0 saturated carbocycles. The first kappa shape index (κ1) is 16.3. The summed E-state index contributed by atoms with van der Waals surface area (Å²) in [4.78, 5) is 17.1. The molecule has 0 fully saturated rings. The van der Waals surface area contributed by atoms with Crippen LogP contribution in [-0.4, -0.2) is 17.6 Å². The number of pyridine rings is 1. The maximum atomic E-state index is 12.1. The Balaban J connectivity index is 2.20. The second kappa shape index (κ2) is 5.52. The molecule has 124 valence electrons. The Morgan fingerprint density at radius 1 is 1.33 bits per heavy atom. The SMILES string of the molecule is Cc1cc(-c2ccc3c(c2)C(C)CC(C)(C)N3C)c(C#N)c(=O)[nH]1. The van der Waals surface area contributed by atoms with Crippen LogP contribution >= 0.6 is 0 Å². The molecule has 0 spiro atoms. The summed E-state index contributed by atoms with van der Waals surface area (Å²) < 4.78 is 0. The number of nitrogens with zero attached hydrogens (tertiary/aromatic N) is 2. The third kappa shape index (κ3) is 2.50. The topological polar surface area (TPSA) is 59.9 Å². The first-order chi connectivity index (χ1) is 11.2. The van der Waals surface area contributed by atoms with Gasteiger partial charge in [0.05, 0.1) is 0 Å². The van der Waals surface area contributed by atoms with Crippen molar-refractivity contribution in [2.75, 3.05) is 11.9 Å². The van der Waals surface area contributed by atoms with Gasteiger partial charge in [-0.3, -0.25) is 4.79 Å². The van der Waals surface area contributed by atoms with Gasteiger partial charge in [-0.2, -0.15) is 5.26 Å². The molecule has 0 aliphatic carbocycles. The zero-order chi connectivity index (χ0) is 17.6. The fraction of sp³-hybridized carbons (Fsp3) is 0.400. The highest BCUT2D eigenvalue weighted by molar-refractivity contribution is 5.74. The lowest BCUT2D eigenvalue weighted by Crippen LogP contribution is -2.45. The number of nitrogens with one attached hydrogen (secondary N) is 1. The largest absolute Gasteiger partial charge is 0.369 e. The fourth-order valence-corrected chi connectivity index (χ4v) is 3.77. The Morgan fingerprint density at radius 2 is 2.04 bits per heavy atom. The van der Waals surface area contributed by atoms with Crippen LogP contribution in [0.25, 0.3) is 11.1 Å². The summed E-state index contributed by atoms with van der Waals surface area (Å²) in [5, 5.41) is 9.37. The molecule has 0 radical (unpaired) electrons. The Bertz CT molecular complexity index is 902. The first-order valence-corrected chi connectivity index (χ1v) is 8.27. The van der Waals surface area contributed by atoms with Crippen LogP contribution in [-0.2, 0) is 0 Å². The molecule has 0 bridgehead atoms. The van der Waals surface area contributed by atoms with E-state index in [1.807, 2.05) is 25.1 Å². The molecule has 1 aromatic heterocycles. The minimum Gasteiger partial charge on any atom is -0.369 e. The van der Waals surface area contributed by atoms with Gasteiger partial charge >= 0.3 is 0 Å². The Morgan fingerprint density at radius 3 is 2.71 bits per heavy atom. The highest BCUT2D eigenvalue weighted by Gasteiger charge is 2.34. The average molecular weight is 321 g/mol. The smallest absolute Gasteiger partial charge is 0.266 e. The summed E-state index contributed by atoms with van der Waals surface area (Å²) in [6, 6.07) is 10.2. The third-order valence-electron chi connectivity index (χ3n) is 5.22. The normalized spacial score (nSPS) is 18.8. The molecule has 1 aromatic carbocycles. The van der Waals surface area contributed by atoms with Crippen LogP contribution < -0.4 is 10.5 Å². The van der Waals surface area contributed by atoms with E-state index in [9.17, 15) is 10.1 Å². The molecule has 1 aliphatic rings. The number of aromatic nitrogens is 1. The molecule has 3 rings (SSSR count). The number of aryl methyl sites for hydroxylation is 1. The van der Waals surface area contributed by atoms with Crippen molar-refractivity contribution in [2.24, 2.45) is 0 Å². The van der Waals surface area contributed by atoms with Gasteiger partial charge in [-0.25, -0.2) is 0 Å². The van der Waals surface area contributed by atoms with E-state index in [1.54, 1.807) is 0 Å². The van der Waals surface area contributed by atoms with Crippen molar-refractivity contribution in [2.45, 2.75) is 45.6 Å². The molecule has 1 N–H and O–H groups in total. The van der Waals surface area contributed by atoms with Crippen LogP contribution in [0.15, 0.2) is 29.1 Å². The monoisotopic (exact) mass is 321 g/mol. The molecule has 1 aliphatic heterocycles. The van der Waals surface area contributed by atoms with Gasteiger partial charge in [0.2, 0.25) is 0 Å².